The van der Waals surface area contributed by atoms with Crippen molar-refractivity contribution in [3.63, 3.8) is 0 Å². The average Bonchev–Trinajstić information content (AvgIpc) is 2.54. The number of methoxy groups -OCH3 is 2. The topological polar surface area (TPSA) is 46.2 Å². The molecule has 1 fully saturated rings. The zero-order valence-corrected chi connectivity index (χ0v) is 14.4. The van der Waals surface area contributed by atoms with E-state index in [2.05, 4.69) is 24.8 Å². The Labute approximate surface area is 138 Å². The van der Waals surface area contributed by atoms with Gasteiger partial charge in [-0.25, -0.2) is 0 Å². The van der Waals surface area contributed by atoms with E-state index in [0.717, 1.165) is 32.3 Å². The molecule has 128 valence electrons. The summed E-state index contributed by atoms with van der Waals surface area (Å²) in [6.45, 7) is 1.88. The molecule has 1 saturated heterocycles. The normalized spacial score (nSPS) is 39.9. The van der Waals surface area contributed by atoms with Gasteiger partial charge in [-0.3, -0.25) is 0 Å². The van der Waals surface area contributed by atoms with Gasteiger partial charge in [-0.1, -0.05) is 12.2 Å². The molecule has 0 radical (unpaired) electrons. The van der Waals surface area contributed by atoms with E-state index in [-0.39, 0.29) is 29.9 Å². The number of hydrogen-bond donors (Lipinski definition) is 1. The maximum atomic E-state index is 6.07. The van der Waals surface area contributed by atoms with Crippen molar-refractivity contribution in [1.82, 2.24) is 0 Å². The van der Waals surface area contributed by atoms with Gasteiger partial charge in [0, 0.05) is 27.4 Å². The van der Waals surface area contributed by atoms with Crippen molar-refractivity contribution in [1.29, 1.82) is 0 Å². The van der Waals surface area contributed by atoms with Gasteiger partial charge < -0.3 is 23.7 Å². The van der Waals surface area contributed by atoms with Crippen LogP contribution in [0.4, 0.5) is 0 Å². The molecule has 5 nitrogen and oxygen atoms in total. The van der Waals surface area contributed by atoms with Gasteiger partial charge >= 0.3 is 0 Å². The fraction of sp³-hybridized carbons (Fsp3) is 0.875. The minimum atomic E-state index is -0.347. The van der Waals surface area contributed by atoms with E-state index < -0.39 is 0 Å². The summed E-state index contributed by atoms with van der Waals surface area (Å²) in [5, 5.41) is 0. The summed E-state index contributed by atoms with van der Waals surface area (Å²) in [4.78, 5) is 0. The molecule has 2 heterocycles. The summed E-state index contributed by atoms with van der Waals surface area (Å²) >= 11 is 4.48. The van der Waals surface area contributed by atoms with Crippen molar-refractivity contribution >= 4 is 12.6 Å². The Morgan fingerprint density at radius 3 is 2.36 bits per heavy atom. The number of fused-ring (bicyclic) bond motifs is 1. The Morgan fingerprint density at radius 2 is 1.68 bits per heavy atom. The molecule has 6 heteroatoms. The molecule has 0 aliphatic carbocycles. The van der Waals surface area contributed by atoms with Crippen molar-refractivity contribution in [2.75, 3.05) is 34.0 Å². The first kappa shape index (κ1) is 18.2. The maximum Gasteiger partial charge on any atom is 0.129 e. The third kappa shape index (κ3) is 4.94. The Morgan fingerprint density at radius 1 is 1.00 bits per heavy atom. The van der Waals surface area contributed by atoms with Crippen molar-refractivity contribution < 1.29 is 23.7 Å². The lowest BCUT2D eigenvalue weighted by Gasteiger charge is -2.44. The van der Waals surface area contributed by atoms with E-state index in [0.29, 0.717) is 13.2 Å². The summed E-state index contributed by atoms with van der Waals surface area (Å²) in [6, 6.07) is 0. The molecular formula is C16H28O5S. The van der Waals surface area contributed by atoms with Gasteiger partial charge in [0.05, 0.1) is 6.61 Å². The van der Waals surface area contributed by atoms with E-state index in [4.69, 9.17) is 23.7 Å². The zero-order chi connectivity index (χ0) is 15.8. The number of hydrogen-bond acceptors (Lipinski definition) is 6. The Bertz CT molecular complexity index is 338. The van der Waals surface area contributed by atoms with Crippen LogP contribution in [0.25, 0.3) is 0 Å². The molecule has 0 aromatic heterocycles. The van der Waals surface area contributed by atoms with Gasteiger partial charge in [0.25, 0.3) is 0 Å². The van der Waals surface area contributed by atoms with Crippen molar-refractivity contribution in [3.05, 3.63) is 12.2 Å². The van der Waals surface area contributed by atoms with Crippen LogP contribution in [-0.2, 0) is 23.7 Å². The molecule has 2 aliphatic heterocycles. The van der Waals surface area contributed by atoms with Crippen LogP contribution in [0.3, 0.4) is 0 Å². The minimum Gasteiger partial charge on any atom is -0.379 e. The quantitative estimate of drug-likeness (QED) is 0.620. The fourth-order valence-electron chi connectivity index (χ4n) is 2.91. The molecule has 0 aromatic carbocycles. The smallest absolute Gasteiger partial charge is 0.129 e. The summed E-state index contributed by atoms with van der Waals surface area (Å²) in [7, 11) is 3.32. The lowest BCUT2D eigenvalue weighted by atomic mass is 9.99. The molecule has 0 N–H and O–H groups in total. The molecule has 0 aromatic rings. The monoisotopic (exact) mass is 332 g/mol. The van der Waals surface area contributed by atoms with Crippen LogP contribution in [0.1, 0.15) is 25.7 Å². The van der Waals surface area contributed by atoms with Crippen LogP contribution >= 0.6 is 12.6 Å². The minimum absolute atomic E-state index is 0.187. The van der Waals surface area contributed by atoms with Crippen LogP contribution < -0.4 is 0 Å². The molecule has 22 heavy (non-hydrogen) atoms. The van der Waals surface area contributed by atoms with E-state index in [9.17, 15) is 0 Å². The SMILES string of the molecule is CO[C@@H]1[C@@H](OC)[C@H](S)O[C@@H]2COCCC/C=C/CCCO[C@@H]12. The molecule has 2 rings (SSSR count). The summed E-state index contributed by atoms with van der Waals surface area (Å²) in [6.07, 6.45) is 7.65. The highest BCUT2D eigenvalue weighted by atomic mass is 32.1. The van der Waals surface area contributed by atoms with Crippen LogP contribution in [0.2, 0.25) is 0 Å². The first-order valence-electron chi connectivity index (χ1n) is 8.01. The van der Waals surface area contributed by atoms with Crippen molar-refractivity contribution in [3.8, 4) is 0 Å². The molecule has 5 atom stereocenters. The standard InChI is InChI=1S/C16H28O5S/c1-17-14-13-12(21-16(22)15(14)18-2)11-19-9-7-5-3-4-6-8-10-20-13/h3-4,12-16,22H,5-11H2,1-2H3/b4-3+/t12-,13-,14+,15-,16+/m1/s1. The van der Waals surface area contributed by atoms with Crippen LogP contribution in [0.5, 0.6) is 0 Å². The number of rotatable bonds is 2. The summed E-state index contributed by atoms with van der Waals surface area (Å²) in [5.74, 6) is 0. The van der Waals surface area contributed by atoms with E-state index >= 15 is 0 Å². The van der Waals surface area contributed by atoms with Gasteiger partial charge in [-0.15, -0.1) is 12.6 Å². The van der Waals surface area contributed by atoms with E-state index in [1.54, 1.807) is 14.2 Å². The largest absolute Gasteiger partial charge is 0.379 e. The van der Waals surface area contributed by atoms with Gasteiger partial charge in [-0.05, 0) is 25.7 Å². The van der Waals surface area contributed by atoms with Crippen LogP contribution in [0, 0.1) is 0 Å². The summed E-state index contributed by atoms with van der Waals surface area (Å²) < 4.78 is 28.9. The molecule has 0 amide bonds. The van der Waals surface area contributed by atoms with Gasteiger partial charge in [0.2, 0.25) is 0 Å². The third-order valence-electron chi connectivity index (χ3n) is 4.09. The van der Waals surface area contributed by atoms with Crippen LogP contribution in [-0.4, -0.2) is 63.9 Å². The molecule has 0 bridgehead atoms. The van der Waals surface area contributed by atoms with E-state index in [1.807, 2.05) is 0 Å². The van der Waals surface area contributed by atoms with Crippen LogP contribution in [0.15, 0.2) is 12.2 Å². The third-order valence-corrected chi connectivity index (χ3v) is 4.50. The molecule has 0 unspecified atom stereocenters. The maximum absolute atomic E-state index is 6.07. The van der Waals surface area contributed by atoms with E-state index in [1.165, 1.54) is 0 Å². The molecule has 2 aliphatic rings. The summed E-state index contributed by atoms with van der Waals surface area (Å²) in [5.41, 5.74) is -0.347. The Hall–Kier alpha value is -0.110. The second-order valence-electron chi connectivity index (χ2n) is 5.63. The van der Waals surface area contributed by atoms with Gasteiger partial charge in [-0.2, -0.15) is 0 Å². The fourth-order valence-corrected chi connectivity index (χ4v) is 3.36. The molecule has 0 saturated carbocycles. The van der Waals surface area contributed by atoms with Crippen molar-refractivity contribution in [2.24, 2.45) is 0 Å². The Balaban J connectivity index is 2.05. The zero-order valence-electron chi connectivity index (χ0n) is 13.5. The Kier molecular flexibility index (Phi) is 8.21. The first-order chi connectivity index (χ1) is 10.8. The highest BCUT2D eigenvalue weighted by Crippen LogP contribution is 2.29. The second-order valence-corrected chi connectivity index (χ2v) is 6.14. The average molecular weight is 332 g/mol. The lowest BCUT2D eigenvalue weighted by Crippen LogP contribution is -2.59. The number of ether oxygens (including phenoxy) is 5. The number of allylic oxidation sites excluding steroid dienone is 2. The number of thiol groups is 1. The highest BCUT2D eigenvalue weighted by Gasteiger charge is 2.46. The van der Waals surface area contributed by atoms with Gasteiger partial charge in [0.15, 0.2) is 0 Å². The predicted octanol–water partition coefficient (Wildman–Crippen LogP) is 2.20. The first-order valence-corrected chi connectivity index (χ1v) is 8.53. The molecular weight excluding hydrogens is 304 g/mol. The molecule has 0 spiro atoms. The predicted molar refractivity (Wildman–Crippen MR) is 87.4 cm³/mol. The van der Waals surface area contributed by atoms with Gasteiger partial charge in [0.1, 0.15) is 29.9 Å². The highest BCUT2D eigenvalue weighted by molar-refractivity contribution is 7.80. The second kappa shape index (κ2) is 9.90. The lowest BCUT2D eigenvalue weighted by molar-refractivity contribution is -0.236. The van der Waals surface area contributed by atoms with Crippen molar-refractivity contribution in [2.45, 2.75) is 55.5 Å².